The normalized spacial score (nSPS) is 13.9. The second-order valence-corrected chi connectivity index (χ2v) is 7.20. The summed E-state index contributed by atoms with van der Waals surface area (Å²) in [5.74, 6) is 0.552. The van der Waals surface area contributed by atoms with Crippen LogP contribution in [0.4, 0.5) is 0 Å². The van der Waals surface area contributed by atoms with Crippen LogP contribution < -0.4 is 0 Å². The predicted molar refractivity (Wildman–Crippen MR) is 86.3 cm³/mol. The molecule has 0 aliphatic rings. The van der Waals surface area contributed by atoms with E-state index in [9.17, 15) is 9.90 Å². The number of alkyl halides is 1. The van der Waals surface area contributed by atoms with Crippen LogP contribution in [-0.4, -0.2) is 20.4 Å². The average molecular weight is 368 g/mol. The highest BCUT2D eigenvalue weighted by atomic mass is 127. The molecule has 0 amide bonds. The molecular weight excluding hydrogens is 339 g/mol. The maximum Gasteiger partial charge on any atom is 0.177 e. The van der Waals surface area contributed by atoms with Crippen LogP contribution in [0.15, 0.2) is 0 Å². The molecule has 1 N–H and O–H groups in total. The third-order valence-corrected chi connectivity index (χ3v) is 4.38. The van der Waals surface area contributed by atoms with Gasteiger partial charge < -0.3 is 5.11 Å². The topological polar surface area (TPSA) is 37.3 Å². The Bertz CT molecular complexity index is 231. The van der Waals surface area contributed by atoms with E-state index in [1.54, 1.807) is 0 Å². The van der Waals surface area contributed by atoms with E-state index in [-0.39, 0.29) is 9.71 Å². The van der Waals surface area contributed by atoms with Crippen molar-refractivity contribution in [3.63, 3.8) is 0 Å². The largest absolute Gasteiger partial charge is 0.382 e. The van der Waals surface area contributed by atoms with E-state index in [0.29, 0.717) is 18.8 Å². The Labute approximate surface area is 126 Å². The van der Waals surface area contributed by atoms with Crippen molar-refractivity contribution in [1.29, 1.82) is 0 Å². The van der Waals surface area contributed by atoms with Gasteiger partial charge in [0, 0.05) is 0 Å². The Kier molecular flexibility index (Phi) is 9.48. The first-order valence-electron chi connectivity index (χ1n) is 7.28. The average Bonchev–Trinajstić information content (AvgIpc) is 2.32. The molecule has 0 aromatic carbocycles. The second kappa shape index (κ2) is 9.29. The van der Waals surface area contributed by atoms with Crippen LogP contribution in [0.3, 0.4) is 0 Å². The number of carbonyl (C=O) groups is 1. The summed E-state index contributed by atoms with van der Waals surface area (Å²) in [5, 5.41) is 10.7. The summed E-state index contributed by atoms with van der Waals surface area (Å²) in [6, 6.07) is 0. The van der Waals surface area contributed by atoms with E-state index in [2.05, 4.69) is 50.3 Å². The van der Waals surface area contributed by atoms with Crippen molar-refractivity contribution in [1.82, 2.24) is 0 Å². The minimum atomic E-state index is -1.08. The zero-order chi connectivity index (χ0) is 14.2. The van der Waals surface area contributed by atoms with Gasteiger partial charge in [0.25, 0.3) is 0 Å². The fraction of sp³-hybridized carbons (Fsp3) is 0.933. The SMILES string of the molecule is CCCCC(O)(CCCC)C(=O)C(I)CC(C)C. The summed E-state index contributed by atoms with van der Waals surface area (Å²) >= 11 is 2.20. The molecule has 0 heterocycles. The van der Waals surface area contributed by atoms with Crippen LogP contribution in [0.1, 0.15) is 72.6 Å². The Morgan fingerprint density at radius 2 is 1.61 bits per heavy atom. The third kappa shape index (κ3) is 6.50. The number of carbonyl (C=O) groups excluding carboxylic acids is 1. The zero-order valence-electron chi connectivity index (χ0n) is 12.3. The Balaban J connectivity index is 4.65. The number of rotatable bonds is 10. The van der Waals surface area contributed by atoms with Gasteiger partial charge >= 0.3 is 0 Å². The number of Topliss-reactive ketones (excluding diaryl/α,β-unsaturated/α-hetero) is 1. The Hall–Kier alpha value is 0.360. The summed E-state index contributed by atoms with van der Waals surface area (Å²) < 4.78 is -0.0543. The van der Waals surface area contributed by atoms with Crippen molar-refractivity contribution in [2.75, 3.05) is 0 Å². The molecule has 1 atom stereocenters. The quantitative estimate of drug-likeness (QED) is 0.455. The molecule has 0 bridgehead atoms. The van der Waals surface area contributed by atoms with Crippen LogP contribution in [0.25, 0.3) is 0 Å². The van der Waals surface area contributed by atoms with Gasteiger partial charge in [-0.1, -0.05) is 76.0 Å². The van der Waals surface area contributed by atoms with Gasteiger partial charge in [0.15, 0.2) is 5.78 Å². The lowest BCUT2D eigenvalue weighted by Gasteiger charge is -2.29. The van der Waals surface area contributed by atoms with Crippen LogP contribution in [0, 0.1) is 5.92 Å². The molecule has 0 radical (unpaired) electrons. The van der Waals surface area contributed by atoms with E-state index in [0.717, 1.165) is 32.1 Å². The molecule has 0 aromatic rings. The Morgan fingerprint density at radius 3 is 1.94 bits per heavy atom. The van der Waals surface area contributed by atoms with E-state index in [1.165, 1.54) is 0 Å². The van der Waals surface area contributed by atoms with Crippen molar-refractivity contribution < 1.29 is 9.90 Å². The maximum absolute atomic E-state index is 12.5. The standard InChI is InChI=1S/C15H29IO2/c1-5-7-9-15(18,10-8-6-2)14(17)13(16)11-12(3)4/h12-13,18H,5-11H2,1-4H3. The van der Waals surface area contributed by atoms with Gasteiger partial charge in [-0.15, -0.1) is 0 Å². The summed E-state index contributed by atoms with van der Waals surface area (Å²) in [6.07, 6.45) is 6.02. The lowest BCUT2D eigenvalue weighted by Crippen LogP contribution is -2.43. The molecular formula is C15H29IO2. The van der Waals surface area contributed by atoms with E-state index >= 15 is 0 Å². The van der Waals surface area contributed by atoms with E-state index in [1.807, 2.05) is 0 Å². The van der Waals surface area contributed by atoms with Gasteiger partial charge in [-0.3, -0.25) is 4.79 Å². The van der Waals surface area contributed by atoms with Crippen molar-refractivity contribution in [3.05, 3.63) is 0 Å². The minimum Gasteiger partial charge on any atom is -0.382 e. The number of halogens is 1. The van der Waals surface area contributed by atoms with Gasteiger partial charge in [-0.25, -0.2) is 0 Å². The number of hydrogen-bond acceptors (Lipinski definition) is 2. The lowest BCUT2D eigenvalue weighted by molar-refractivity contribution is -0.138. The molecule has 1 unspecified atom stereocenters. The molecule has 108 valence electrons. The van der Waals surface area contributed by atoms with Crippen LogP contribution >= 0.6 is 22.6 Å². The van der Waals surface area contributed by atoms with E-state index < -0.39 is 5.60 Å². The van der Waals surface area contributed by atoms with Gasteiger partial charge in [-0.05, 0) is 25.2 Å². The molecule has 3 heteroatoms. The highest BCUT2D eigenvalue weighted by Crippen LogP contribution is 2.28. The number of ketones is 1. The summed E-state index contributed by atoms with van der Waals surface area (Å²) in [5.41, 5.74) is -1.08. The Morgan fingerprint density at radius 1 is 1.17 bits per heavy atom. The molecule has 0 saturated carbocycles. The molecule has 0 fully saturated rings. The molecule has 0 aliphatic heterocycles. The smallest absolute Gasteiger partial charge is 0.177 e. The van der Waals surface area contributed by atoms with Crippen LogP contribution in [-0.2, 0) is 4.79 Å². The highest BCUT2D eigenvalue weighted by Gasteiger charge is 2.37. The van der Waals surface area contributed by atoms with Crippen LogP contribution in [0.5, 0.6) is 0 Å². The summed E-state index contributed by atoms with van der Waals surface area (Å²) in [7, 11) is 0. The number of aliphatic hydroxyl groups is 1. The fourth-order valence-corrected chi connectivity index (χ4v) is 3.72. The molecule has 0 aliphatic carbocycles. The second-order valence-electron chi connectivity index (χ2n) is 5.70. The molecule has 2 nitrogen and oxygen atoms in total. The predicted octanol–water partition coefficient (Wildman–Crippen LogP) is 4.52. The first kappa shape index (κ1) is 18.4. The first-order chi connectivity index (χ1) is 8.37. The molecule has 0 aromatic heterocycles. The van der Waals surface area contributed by atoms with Crippen molar-refractivity contribution in [2.24, 2.45) is 5.92 Å². The number of unbranched alkanes of at least 4 members (excludes halogenated alkanes) is 2. The minimum absolute atomic E-state index is 0.0543. The molecule has 18 heavy (non-hydrogen) atoms. The van der Waals surface area contributed by atoms with Gasteiger partial charge in [0.05, 0.1) is 3.92 Å². The van der Waals surface area contributed by atoms with Crippen LogP contribution in [0.2, 0.25) is 0 Å². The van der Waals surface area contributed by atoms with Gasteiger partial charge in [0.1, 0.15) is 5.60 Å². The monoisotopic (exact) mass is 368 g/mol. The van der Waals surface area contributed by atoms with Crippen molar-refractivity contribution >= 4 is 28.4 Å². The molecule has 0 saturated heterocycles. The molecule has 0 rings (SSSR count). The first-order valence-corrected chi connectivity index (χ1v) is 8.52. The number of hydrogen-bond donors (Lipinski definition) is 1. The van der Waals surface area contributed by atoms with Gasteiger partial charge in [0.2, 0.25) is 0 Å². The van der Waals surface area contributed by atoms with Gasteiger partial charge in [-0.2, -0.15) is 0 Å². The van der Waals surface area contributed by atoms with Crippen molar-refractivity contribution in [3.8, 4) is 0 Å². The summed E-state index contributed by atoms with van der Waals surface area (Å²) in [6.45, 7) is 8.44. The third-order valence-electron chi connectivity index (χ3n) is 3.31. The highest BCUT2D eigenvalue weighted by molar-refractivity contribution is 14.1. The summed E-state index contributed by atoms with van der Waals surface area (Å²) in [4.78, 5) is 12.5. The fourth-order valence-electron chi connectivity index (χ4n) is 2.12. The molecule has 0 spiro atoms. The lowest BCUT2D eigenvalue weighted by atomic mass is 9.84. The van der Waals surface area contributed by atoms with Crippen molar-refractivity contribution in [2.45, 2.75) is 82.2 Å². The van der Waals surface area contributed by atoms with E-state index in [4.69, 9.17) is 0 Å². The zero-order valence-corrected chi connectivity index (χ0v) is 14.5. The maximum atomic E-state index is 12.5.